The molecule has 7 nitrogen and oxygen atoms in total. The third-order valence-electron chi connectivity index (χ3n) is 6.07. The molecule has 0 aliphatic carbocycles. The summed E-state index contributed by atoms with van der Waals surface area (Å²) in [4.78, 5) is 21.4. The molecule has 2 unspecified atom stereocenters. The zero-order valence-electron chi connectivity index (χ0n) is 18.8. The van der Waals surface area contributed by atoms with Crippen LogP contribution >= 0.6 is 24.0 Å². The Bertz CT molecular complexity index is 495. The van der Waals surface area contributed by atoms with Gasteiger partial charge >= 0.3 is 0 Å². The van der Waals surface area contributed by atoms with Crippen molar-refractivity contribution in [2.45, 2.75) is 65.5 Å². The molecule has 0 spiro atoms. The van der Waals surface area contributed by atoms with Crippen molar-refractivity contribution in [3.63, 3.8) is 0 Å². The second kappa shape index (κ2) is 14.4. The fourth-order valence-corrected chi connectivity index (χ4v) is 4.33. The Kier molecular flexibility index (Phi) is 13.1. The highest BCUT2D eigenvalue weighted by atomic mass is 127. The Morgan fingerprint density at radius 3 is 2.41 bits per heavy atom. The van der Waals surface area contributed by atoms with Gasteiger partial charge in [-0.15, -0.1) is 24.0 Å². The molecule has 0 aromatic carbocycles. The predicted octanol–water partition coefficient (Wildman–Crippen LogP) is 2.31. The number of halogens is 1. The number of aliphatic imine (C=N–C) groups is 1. The van der Waals surface area contributed by atoms with E-state index in [1.54, 1.807) is 0 Å². The molecule has 0 radical (unpaired) electrons. The van der Waals surface area contributed by atoms with E-state index in [2.05, 4.69) is 36.3 Å². The molecule has 0 bridgehead atoms. The first-order valence-corrected chi connectivity index (χ1v) is 11.3. The molecule has 2 rings (SSSR count). The van der Waals surface area contributed by atoms with E-state index in [1.165, 1.54) is 12.8 Å². The van der Waals surface area contributed by atoms with Crippen molar-refractivity contribution in [2.24, 2.45) is 10.9 Å². The summed E-state index contributed by atoms with van der Waals surface area (Å²) in [7, 11) is 0. The van der Waals surface area contributed by atoms with Crippen LogP contribution in [0.1, 0.15) is 53.4 Å². The van der Waals surface area contributed by atoms with Gasteiger partial charge in [-0.1, -0.05) is 33.6 Å². The van der Waals surface area contributed by atoms with Crippen molar-refractivity contribution in [3.8, 4) is 0 Å². The van der Waals surface area contributed by atoms with Crippen molar-refractivity contribution in [1.29, 1.82) is 0 Å². The number of nitrogens with one attached hydrogen (secondary N) is 2. The number of hydrogen-bond acceptors (Lipinski definition) is 4. The zero-order chi connectivity index (χ0) is 20.4. The third kappa shape index (κ3) is 8.20. The molecule has 2 aliphatic heterocycles. The van der Waals surface area contributed by atoms with Crippen LogP contribution in [-0.4, -0.2) is 86.2 Å². The summed E-state index contributed by atoms with van der Waals surface area (Å²) in [5.41, 5.74) is 0. The molecule has 8 heteroatoms. The molecule has 1 amide bonds. The number of nitrogens with zero attached hydrogens (tertiary/aromatic N) is 3. The quantitative estimate of drug-likeness (QED) is 0.276. The fraction of sp³-hybridized carbons (Fsp3) is 0.905. The summed E-state index contributed by atoms with van der Waals surface area (Å²) in [5, 5.41) is 6.95. The standard InChI is InChI=1S/C21H41N5O2.HI/c1-5-17(6-2)19(25-11-13-28-14-12-25)15-23-21(22-8-4)24-18-9-10-26(16-18)20(27)7-3;/h17-19H,5-16H2,1-4H3,(H2,22,23,24);1H. The van der Waals surface area contributed by atoms with Crippen LogP contribution in [-0.2, 0) is 9.53 Å². The SMILES string of the molecule is CCNC(=NCC(C(CC)CC)N1CCOCC1)NC1CCN(C(=O)CC)C1.I. The normalized spacial score (nSPS) is 21.8. The number of likely N-dealkylation sites (tertiary alicyclic amines) is 1. The number of carbonyl (C=O) groups is 1. The van der Waals surface area contributed by atoms with Crippen LogP contribution in [0.25, 0.3) is 0 Å². The fourth-order valence-electron chi connectivity index (χ4n) is 4.33. The Balaban J connectivity index is 0.00000420. The van der Waals surface area contributed by atoms with Gasteiger partial charge in [0.2, 0.25) is 5.91 Å². The minimum Gasteiger partial charge on any atom is -0.379 e. The van der Waals surface area contributed by atoms with Gasteiger partial charge in [0.25, 0.3) is 0 Å². The maximum atomic E-state index is 11.9. The number of amides is 1. The maximum absolute atomic E-state index is 11.9. The van der Waals surface area contributed by atoms with Crippen molar-refractivity contribution < 1.29 is 9.53 Å². The van der Waals surface area contributed by atoms with Crippen LogP contribution in [0.5, 0.6) is 0 Å². The van der Waals surface area contributed by atoms with Crippen LogP contribution in [0.2, 0.25) is 0 Å². The Labute approximate surface area is 194 Å². The van der Waals surface area contributed by atoms with E-state index < -0.39 is 0 Å². The van der Waals surface area contributed by atoms with Gasteiger partial charge in [-0.05, 0) is 19.3 Å². The van der Waals surface area contributed by atoms with Crippen molar-refractivity contribution in [2.75, 3.05) is 52.5 Å². The molecular weight excluding hydrogens is 481 g/mol. The van der Waals surface area contributed by atoms with Crippen LogP contribution < -0.4 is 10.6 Å². The summed E-state index contributed by atoms with van der Waals surface area (Å²) in [6.45, 7) is 15.5. The highest BCUT2D eigenvalue weighted by molar-refractivity contribution is 14.0. The maximum Gasteiger partial charge on any atom is 0.222 e. The van der Waals surface area contributed by atoms with Gasteiger partial charge in [0.15, 0.2) is 5.96 Å². The minimum absolute atomic E-state index is 0. The van der Waals surface area contributed by atoms with Crippen LogP contribution in [0.3, 0.4) is 0 Å². The molecule has 2 atom stereocenters. The number of morpholine rings is 1. The summed E-state index contributed by atoms with van der Waals surface area (Å²) in [6, 6.07) is 0.736. The van der Waals surface area contributed by atoms with Crippen LogP contribution in [0.4, 0.5) is 0 Å². The van der Waals surface area contributed by atoms with Gasteiger partial charge in [0, 0.05) is 51.2 Å². The number of rotatable bonds is 9. The molecule has 170 valence electrons. The van der Waals surface area contributed by atoms with Gasteiger partial charge in [0.05, 0.1) is 19.8 Å². The molecule has 0 aromatic heterocycles. The summed E-state index contributed by atoms with van der Waals surface area (Å²) in [5.74, 6) is 1.77. The van der Waals surface area contributed by atoms with Gasteiger partial charge in [-0.2, -0.15) is 0 Å². The molecule has 2 fully saturated rings. The minimum atomic E-state index is 0. The van der Waals surface area contributed by atoms with Gasteiger partial charge < -0.3 is 20.3 Å². The highest BCUT2D eigenvalue weighted by Crippen LogP contribution is 2.20. The number of ether oxygens (including phenoxy) is 1. The zero-order valence-corrected chi connectivity index (χ0v) is 21.1. The first-order valence-electron chi connectivity index (χ1n) is 11.3. The lowest BCUT2D eigenvalue weighted by atomic mass is 9.92. The average molecular weight is 524 g/mol. The van der Waals surface area contributed by atoms with E-state index >= 15 is 0 Å². The topological polar surface area (TPSA) is 69.2 Å². The molecule has 2 saturated heterocycles. The lowest BCUT2D eigenvalue weighted by Crippen LogP contribution is -2.50. The van der Waals surface area contributed by atoms with E-state index in [4.69, 9.17) is 9.73 Å². The third-order valence-corrected chi connectivity index (χ3v) is 6.07. The Morgan fingerprint density at radius 2 is 1.83 bits per heavy atom. The van der Waals surface area contributed by atoms with Crippen molar-refractivity contribution >= 4 is 35.8 Å². The van der Waals surface area contributed by atoms with Crippen molar-refractivity contribution in [3.05, 3.63) is 0 Å². The summed E-state index contributed by atoms with van der Waals surface area (Å²) in [6.07, 6.45) is 3.91. The monoisotopic (exact) mass is 523 g/mol. The number of guanidine groups is 1. The Morgan fingerprint density at radius 1 is 1.14 bits per heavy atom. The smallest absolute Gasteiger partial charge is 0.222 e. The molecule has 2 aliphatic rings. The second-order valence-electron chi connectivity index (χ2n) is 7.84. The van der Waals surface area contributed by atoms with Crippen LogP contribution in [0.15, 0.2) is 4.99 Å². The largest absolute Gasteiger partial charge is 0.379 e. The van der Waals surface area contributed by atoms with E-state index in [9.17, 15) is 4.79 Å². The average Bonchev–Trinajstić information content (AvgIpc) is 3.19. The van der Waals surface area contributed by atoms with Gasteiger partial charge in [0.1, 0.15) is 0 Å². The lowest BCUT2D eigenvalue weighted by Gasteiger charge is -2.38. The van der Waals surface area contributed by atoms with Gasteiger partial charge in [-0.3, -0.25) is 14.7 Å². The first-order chi connectivity index (χ1) is 13.6. The van der Waals surface area contributed by atoms with Gasteiger partial charge in [-0.25, -0.2) is 0 Å². The molecule has 0 aromatic rings. The molecular formula is C21H42IN5O2. The van der Waals surface area contributed by atoms with E-state index in [1.807, 2.05) is 11.8 Å². The predicted molar refractivity (Wildman–Crippen MR) is 130 cm³/mol. The second-order valence-corrected chi connectivity index (χ2v) is 7.84. The lowest BCUT2D eigenvalue weighted by molar-refractivity contribution is -0.129. The van der Waals surface area contributed by atoms with E-state index in [-0.39, 0.29) is 35.9 Å². The van der Waals surface area contributed by atoms with E-state index in [0.717, 1.165) is 64.9 Å². The molecule has 2 heterocycles. The Hall–Kier alpha value is -0.610. The summed E-state index contributed by atoms with van der Waals surface area (Å²) >= 11 is 0. The highest BCUT2D eigenvalue weighted by Gasteiger charge is 2.28. The van der Waals surface area contributed by atoms with Crippen molar-refractivity contribution in [1.82, 2.24) is 20.4 Å². The number of carbonyl (C=O) groups excluding carboxylic acids is 1. The summed E-state index contributed by atoms with van der Waals surface area (Å²) < 4.78 is 5.55. The molecule has 29 heavy (non-hydrogen) atoms. The molecule has 0 saturated carbocycles. The first kappa shape index (κ1) is 26.4. The number of hydrogen-bond donors (Lipinski definition) is 2. The van der Waals surface area contributed by atoms with Crippen LogP contribution in [0, 0.1) is 5.92 Å². The molecule has 2 N–H and O–H groups in total. The van der Waals surface area contributed by atoms with E-state index in [0.29, 0.717) is 18.4 Å².